The molecular weight excluding hydrogens is 391 g/mol. The molecule has 0 saturated carbocycles. The van der Waals surface area contributed by atoms with E-state index in [1.165, 1.54) is 13.2 Å². The molecule has 0 aliphatic rings. The minimum absolute atomic E-state index is 0.148. The van der Waals surface area contributed by atoms with Gasteiger partial charge in [0, 0.05) is 34.6 Å². The zero-order chi connectivity index (χ0) is 19.6. The van der Waals surface area contributed by atoms with E-state index in [1.54, 1.807) is 48.5 Å². The number of benzene rings is 2. The lowest BCUT2D eigenvalue weighted by molar-refractivity contribution is -0.111. The Hall–Kier alpha value is -2.54. The highest BCUT2D eigenvalue weighted by molar-refractivity contribution is 6.34. The van der Waals surface area contributed by atoms with Crippen LogP contribution >= 0.6 is 23.2 Å². The molecule has 0 saturated heterocycles. The fourth-order valence-electron chi connectivity index (χ4n) is 2.04. The molecule has 2 amide bonds. The minimum atomic E-state index is -0.606. The summed E-state index contributed by atoms with van der Waals surface area (Å²) in [5.74, 6) is -0.356. The SMILES string of the molecule is COCCOC(=O)Nc1cccc(NC(=O)/C=C/c2cc(Cl)ccc2Cl)c1. The van der Waals surface area contributed by atoms with Gasteiger partial charge in [-0.25, -0.2) is 4.79 Å². The van der Waals surface area contributed by atoms with Crippen LogP contribution in [-0.4, -0.2) is 32.3 Å². The molecule has 2 rings (SSSR count). The second-order valence-electron chi connectivity index (χ2n) is 5.32. The van der Waals surface area contributed by atoms with E-state index in [-0.39, 0.29) is 12.5 Å². The van der Waals surface area contributed by atoms with Crippen LogP contribution in [-0.2, 0) is 14.3 Å². The Morgan fingerprint density at radius 3 is 2.52 bits per heavy atom. The topological polar surface area (TPSA) is 76.7 Å². The van der Waals surface area contributed by atoms with E-state index >= 15 is 0 Å². The summed E-state index contributed by atoms with van der Waals surface area (Å²) in [4.78, 5) is 23.7. The van der Waals surface area contributed by atoms with Gasteiger partial charge in [-0.15, -0.1) is 0 Å². The first-order chi connectivity index (χ1) is 13.0. The largest absolute Gasteiger partial charge is 0.447 e. The lowest BCUT2D eigenvalue weighted by Crippen LogP contribution is -2.16. The predicted molar refractivity (Wildman–Crippen MR) is 107 cm³/mol. The number of rotatable bonds is 7. The molecule has 0 unspecified atom stereocenters. The van der Waals surface area contributed by atoms with Gasteiger partial charge in [0.25, 0.3) is 0 Å². The van der Waals surface area contributed by atoms with Crippen molar-refractivity contribution in [1.29, 1.82) is 0 Å². The molecule has 2 aromatic rings. The summed E-state index contributed by atoms with van der Waals surface area (Å²) in [6.45, 7) is 0.460. The molecule has 8 heteroatoms. The third-order valence-electron chi connectivity index (χ3n) is 3.27. The maximum Gasteiger partial charge on any atom is 0.411 e. The molecular formula is C19H18Cl2N2O4. The predicted octanol–water partition coefficient (Wildman–Crippen LogP) is 4.84. The number of carbonyl (C=O) groups is 2. The maximum atomic E-state index is 12.1. The van der Waals surface area contributed by atoms with Gasteiger partial charge in [0.1, 0.15) is 6.61 Å². The van der Waals surface area contributed by atoms with Gasteiger partial charge in [-0.3, -0.25) is 10.1 Å². The molecule has 0 heterocycles. The van der Waals surface area contributed by atoms with Crippen molar-refractivity contribution in [3.63, 3.8) is 0 Å². The zero-order valence-electron chi connectivity index (χ0n) is 14.5. The average molecular weight is 409 g/mol. The number of ether oxygens (including phenoxy) is 2. The van der Waals surface area contributed by atoms with Gasteiger partial charge < -0.3 is 14.8 Å². The Labute approximate surface area is 167 Å². The Bertz CT molecular complexity index is 840. The third-order valence-corrected chi connectivity index (χ3v) is 3.85. The van der Waals surface area contributed by atoms with Crippen molar-refractivity contribution in [3.8, 4) is 0 Å². The summed E-state index contributed by atoms with van der Waals surface area (Å²) >= 11 is 12.0. The van der Waals surface area contributed by atoms with E-state index in [1.807, 2.05) is 0 Å². The van der Waals surface area contributed by atoms with Gasteiger partial charge in [0.05, 0.1) is 6.61 Å². The molecule has 0 bridgehead atoms. The second kappa shape index (κ2) is 10.6. The zero-order valence-corrected chi connectivity index (χ0v) is 16.0. The van der Waals surface area contributed by atoms with Crippen molar-refractivity contribution in [2.45, 2.75) is 0 Å². The standard InChI is InChI=1S/C19H18Cl2N2O4/c1-26-9-10-27-19(25)23-16-4-2-3-15(12-16)22-18(24)8-5-13-11-14(20)6-7-17(13)21/h2-8,11-12H,9-10H2,1H3,(H,22,24)(H,23,25)/b8-5+. The summed E-state index contributed by atoms with van der Waals surface area (Å²) in [7, 11) is 1.52. The first-order valence-electron chi connectivity index (χ1n) is 7.95. The summed E-state index contributed by atoms with van der Waals surface area (Å²) in [6, 6.07) is 11.7. The molecule has 0 aliphatic carbocycles. The Balaban J connectivity index is 1.95. The number of methoxy groups -OCH3 is 1. The second-order valence-corrected chi connectivity index (χ2v) is 6.17. The van der Waals surface area contributed by atoms with Crippen molar-refractivity contribution in [2.24, 2.45) is 0 Å². The Kier molecular flexibility index (Phi) is 8.13. The number of carbonyl (C=O) groups excluding carboxylic acids is 2. The first kappa shape index (κ1) is 20.8. The first-order valence-corrected chi connectivity index (χ1v) is 8.70. The number of nitrogens with one attached hydrogen (secondary N) is 2. The highest BCUT2D eigenvalue weighted by Crippen LogP contribution is 2.22. The van der Waals surface area contributed by atoms with Crippen LogP contribution in [0.2, 0.25) is 10.0 Å². The van der Waals surface area contributed by atoms with Crippen molar-refractivity contribution in [1.82, 2.24) is 0 Å². The number of hydrogen-bond donors (Lipinski definition) is 2. The number of anilines is 2. The minimum Gasteiger partial charge on any atom is -0.447 e. The molecule has 0 fully saturated rings. The van der Waals surface area contributed by atoms with Crippen LogP contribution in [0.1, 0.15) is 5.56 Å². The van der Waals surface area contributed by atoms with Crippen LogP contribution in [0.4, 0.5) is 16.2 Å². The summed E-state index contributed by atoms with van der Waals surface area (Å²) in [5.41, 5.74) is 1.63. The Morgan fingerprint density at radius 1 is 1.04 bits per heavy atom. The molecule has 142 valence electrons. The van der Waals surface area contributed by atoms with Crippen LogP contribution in [0.3, 0.4) is 0 Å². The molecule has 27 heavy (non-hydrogen) atoms. The highest BCUT2D eigenvalue weighted by atomic mass is 35.5. The molecule has 2 aromatic carbocycles. The molecule has 2 N–H and O–H groups in total. The monoisotopic (exact) mass is 408 g/mol. The fourth-order valence-corrected chi connectivity index (χ4v) is 2.40. The lowest BCUT2D eigenvalue weighted by Gasteiger charge is -2.08. The van der Waals surface area contributed by atoms with Crippen LogP contribution in [0.25, 0.3) is 6.08 Å². The quantitative estimate of drug-likeness (QED) is 0.507. The van der Waals surface area contributed by atoms with E-state index in [4.69, 9.17) is 32.7 Å². The number of halogens is 2. The van der Waals surface area contributed by atoms with Gasteiger partial charge in [0.2, 0.25) is 5.91 Å². The van der Waals surface area contributed by atoms with Gasteiger partial charge in [0.15, 0.2) is 0 Å². The van der Waals surface area contributed by atoms with E-state index in [0.29, 0.717) is 33.6 Å². The van der Waals surface area contributed by atoms with Crippen LogP contribution in [0.5, 0.6) is 0 Å². The van der Waals surface area contributed by atoms with E-state index in [0.717, 1.165) is 0 Å². The van der Waals surface area contributed by atoms with Crippen molar-refractivity contribution < 1.29 is 19.1 Å². The van der Waals surface area contributed by atoms with Crippen LogP contribution < -0.4 is 10.6 Å². The van der Waals surface area contributed by atoms with E-state index in [2.05, 4.69) is 10.6 Å². The fraction of sp³-hybridized carbons (Fsp3) is 0.158. The normalized spacial score (nSPS) is 10.6. The van der Waals surface area contributed by atoms with Gasteiger partial charge in [-0.05, 0) is 48.0 Å². The van der Waals surface area contributed by atoms with Crippen LogP contribution in [0.15, 0.2) is 48.5 Å². The van der Waals surface area contributed by atoms with E-state index in [9.17, 15) is 9.59 Å². The summed E-state index contributed by atoms with van der Waals surface area (Å²) < 4.78 is 9.72. The van der Waals surface area contributed by atoms with Gasteiger partial charge in [-0.1, -0.05) is 29.3 Å². The molecule has 0 spiro atoms. The Morgan fingerprint density at radius 2 is 1.78 bits per heavy atom. The van der Waals surface area contributed by atoms with Crippen molar-refractivity contribution in [3.05, 3.63) is 64.1 Å². The van der Waals surface area contributed by atoms with Crippen molar-refractivity contribution in [2.75, 3.05) is 31.0 Å². The van der Waals surface area contributed by atoms with Crippen LogP contribution in [0, 0.1) is 0 Å². The summed E-state index contributed by atoms with van der Waals surface area (Å²) in [5, 5.41) is 6.28. The molecule has 0 atom stereocenters. The van der Waals surface area contributed by atoms with Gasteiger partial charge in [-0.2, -0.15) is 0 Å². The smallest absolute Gasteiger partial charge is 0.411 e. The third kappa shape index (κ3) is 7.30. The molecule has 6 nitrogen and oxygen atoms in total. The maximum absolute atomic E-state index is 12.1. The molecule has 0 aliphatic heterocycles. The number of hydrogen-bond acceptors (Lipinski definition) is 4. The van der Waals surface area contributed by atoms with E-state index < -0.39 is 6.09 Å². The molecule has 0 radical (unpaired) electrons. The molecule has 0 aromatic heterocycles. The lowest BCUT2D eigenvalue weighted by atomic mass is 10.2. The highest BCUT2D eigenvalue weighted by Gasteiger charge is 2.05. The average Bonchev–Trinajstić information content (AvgIpc) is 2.63. The van der Waals surface area contributed by atoms with Gasteiger partial charge >= 0.3 is 6.09 Å². The number of amides is 2. The van der Waals surface area contributed by atoms with Crippen molar-refractivity contribution >= 4 is 52.7 Å². The summed E-state index contributed by atoms with van der Waals surface area (Å²) in [6.07, 6.45) is 2.31.